The lowest BCUT2D eigenvalue weighted by Gasteiger charge is -2.09. The fourth-order valence-electron chi connectivity index (χ4n) is 2.36. The predicted octanol–water partition coefficient (Wildman–Crippen LogP) is 4.89. The summed E-state index contributed by atoms with van der Waals surface area (Å²) in [7, 11) is 0. The Bertz CT molecular complexity index is 682. The summed E-state index contributed by atoms with van der Waals surface area (Å²) in [6, 6.07) is 11.3. The van der Waals surface area contributed by atoms with Crippen LogP contribution in [-0.2, 0) is 13.0 Å². The maximum absolute atomic E-state index is 7.81. The second-order valence-corrected chi connectivity index (χ2v) is 5.67. The van der Waals surface area contributed by atoms with E-state index in [1.165, 1.54) is 5.56 Å². The fraction of sp³-hybridized carbons (Fsp3) is 0.188. The largest absolute Gasteiger partial charge is 0.489 e. The Morgan fingerprint density at radius 2 is 1.90 bits per heavy atom. The number of ether oxygens (including phenoxy) is 1. The molecule has 2 nitrogen and oxygen atoms in total. The summed E-state index contributed by atoms with van der Waals surface area (Å²) < 4.78 is 5.78. The van der Waals surface area contributed by atoms with Gasteiger partial charge in [0.25, 0.3) is 0 Å². The molecule has 0 heterocycles. The van der Waals surface area contributed by atoms with E-state index in [1.54, 1.807) is 12.1 Å². The lowest BCUT2D eigenvalue weighted by Crippen LogP contribution is -1.97. The van der Waals surface area contributed by atoms with Crippen molar-refractivity contribution >= 4 is 28.9 Å². The normalized spacial score (nSPS) is 13.4. The molecule has 0 saturated heterocycles. The summed E-state index contributed by atoms with van der Waals surface area (Å²) in [4.78, 5) is 0. The summed E-state index contributed by atoms with van der Waals surface area (Å²) in [5.41, 5.74) is 3.85. The molecular weight excluding hydrogens is 293 g/mol. The third-order valence-corrected chi connectivity index (χ3v) is 4.04. The molecule has 0 bridgehead atoms. The first-order valence-corrected chi connectivity index (χ1v) is 7.16. The van der Waals surface area contributed by atoms with E-state index < -0.39 is 0 Å². The smallest absolute Gasteiger partial charge is 0.120 e. The van der Waals surface area contributed by atoms with E-state index in [0.29, 0.717) is 22.4 Å². The maximum atomic E-state index is 7.81. The van der Waals surface area contributed by atoms with E-state index in [4.69, 9.17) is 33.3 Å². The highest BCUT2D eigenvalue weighted by Gasteiger charge is 2.16. The van der Waals surface area contributed by atoms with Gasteiger partial charge in [0.05, 0.1) is 0 Å². The molecular formula is C16H13Cl2NO. The van der Waals surface area contributed by atoms with Crippen molar-refractivity contribution in [3.05, 3.63) is 63.1 Å². The Balaban J connectivity index is 1.74. The van der Waals surface area contributed by atoms with Crippen LogP contribution in [0.2, 0.25) is 10.0 Å². The van der Waals surface area contributed by atoms with Gasteiger partial charge < -0.3 is 10.1 Å². The van der Waals surface area contributed by atoms with Crippen LogP contribution in [0.15, 0.2) is 36.4 Å². The van der Waals surface area contributed by atoms with Crippen molar-refractivity contribution in [3.63, 3.8) is 0 Å². The van der Waals surface area contributed by atoms with Crippen LogP contribution in [0.3, 0.4) is 0 Å². The second-order valence-electron chi connectivity index (χ2n) is 4.82. The molecule has 0 fully saturated rings. The summed E-state index contributed by atoms with van der Waals surface area (Å²) in [6.45, 7) is 0.409. The number of rotatable bonds is 3. The Kier molecular flexibility index (Phi) is 3.68. The quantitative estimate of drug-likeness (QED) is 0.860. The van der Waals surface area contributed by atoms with Gasteiger partial charge in [-0.05, 0) is 54.3 Å². The van der Waals surface area contributed by atoms with Gasteiger partial charge in [-0.15, -0.1) is 0 Å². The number of benzene rings is 2. The third-order valence-electron chi connectivity index (χ3n) is 3.46. The number of fused-ring (bicyclic) bond motifs is 1. The highest BCUT2D eigenvalue weighted by molar-refractivity contribution is 6.35. The third kappa shape index (κ3) is 2.67. The molecule has 0 aromatic heterocycles. The van der Waals surface area contributed by atoms with Crippen LogP contribution in [0.25, 0.3) is 0 Å². The summed E-state index contributed by atoms with van der Waals surface area (Å²) in [6.07, 6.45) is 1.74. The number of halogens is 2. The van der Waals surface area contributed by atoms with Crippen LogP contribution >= 0.6 is 23.2 Å². The topological polar surface area (TPSA) is 33.1 Å². The number of hydrogen-bond acceptors (Lipinski definition) is 2. The molecule has 4 heteroatoms. The molecule has 1 N–H and O–H groups in total. The molecule has 0 atom stereocenters. The Morgan fingerprint density at radius 3 is 2.70 bits per heavy atom. The van der Waals surface area contributed by atoms with Crippen molar-refractivity contribution in [2.45, 2.75) is 19.4 Å². The van der Waals surface area contributed by atoms with E-state index in [2.05, 4.69) is 0 Å². The zero-order valence-electron chi connectivity index (χ0n) is 10.7. The van der Waals surface area contributed by atoms with E-state index in [1.807, 2.05) is 24.3 Å². The van der Waals surface area contributed by atoms with E-state index in [0.717, 1.165) is 29.7 Å². The van der Waals surface area contributed by atoms with Gasteiger partial charge in [0.2, 0.25) is 0 Å². The highest BCUT2D eigenvalue weighted by atomic mass is 35.5. The minimum atomic E-state index is 0.409. The summed E-state index contributed by atoms with van der Waals surface area (Å²) >= 11 is 12.0. The average molecular weight is 306 g/mol. The molecule has 0 radical (unpaired) electrons. The second kappa shape index (κ2) is 5.47. The van der Waals surface area contributed by atoms with E-state index in [-0.39, 0.29) is 0 Å². The first-order chi connectivity index (χ1) is 9.63. The maximum Gasteiger partial charge on any atom is 0.120 e. The van der Waals surface area contributed by atoms with Crippen LogP contribution in [0.4, 0.5) is 0 Å². The molecule has 2 aromatic rings. The molecule has 0 spiro atoms. The van der Waals surface area contributed by atoms with Gasteiger partial charge in [-0.25, -0.2) is 0 Å². The minimum absolute atomic E-state index is 0.409. The zero-order valence-corrected chi connectivity index (χ0v) is 12.3. The Hall–Kier alpha value is -1.51. The van der Waals surface area contributed by atoms with Gasteiger partial charge in [-0.3, -0.25) is 0 Å². The Labute approximate surface area is 127 Å². The fourth-order valence-corrected chi connectivity index (χ4v) is 2.82. The lowest BCUT2D eigenvalue weighted by molar-refractivity contribution is 0.306. The van der Waals surface area contributed by atoms with Crippen molar-refractivity contribution < 1.29 is 4.74 Å². The van der Waals surface area contributed by atoms with Crippen LogP contribution in [-0.4, -0.2) is 5.71 Å². The van der Waals surface area contributed by atoms with Crippen molar-refractivity contribution in [2.75, 3.05) is 0 Å². The predicted molar refractivity (Wildman–Crippen MR) is 82.4 cm³/mol. The summed E-state index contributed by atoms with van der Waals surface area (Å²) in [5, 5.41) is 9.05. The van der Waals surface area contributed by atoms with Gasteiger partial charge in [0.15, 0.2) is 0 Å². The number of nitrogens with one attached hydrogen (secondary N) is 1. The van der Waals surface area contributed by atoms with Crippen LogP contribution in [0, 0.1) is 5.41 Å². The number of hydrogen-bond donors (Lipinski definition) is 1. The van der Waals surface area contributed by atoms with E-state index in [9.17, 15) is 0 Å². The average Bonchev–Trinajstić information content (AvgIpc) is 2.79. The van der Waals surface area contributed by atoms with Crippen molar-refractivity contribution in [1.82, 2.24) is 0 Å². The molecule has 102 valence electrons. The molecule has 0 aliphatic heterocycles. The molecule has 1 aliphatic rings. The highest BCUT2D eigenvalue weighted by Crippen LogP contribution is 2.27. The van der Waals surface area contributed by atoms with Gasteiger partial charge in [0, 0.05) is 21.3 Å². The molecule has 0 unspecified atom stereocenters. The minimum Gasteiger partial charge on any atom is -0.489 e. The molecule has 3 rings (SSSR count). The standard InChI is InChI=1S/C16H13Cl2NO/c17-12-3-1-11(15(18)8-12)9-20-13-4-5-14-10(7-13)2-6-16(14)19/h1,3-5,7-8,19H,2,6,9H2. The van der Waals surface area contributed by atoms with Gasteiger partial charge in [0.1, 0.15) is 12.4 Å². The first kappa shape index (κ1) is 13.5. The van der Waals surface area contributed by atoms with Crippen LogP contribution in [0.5, 0.6) is 5.75 Å². The monoisotopic (exact) mass is 305 g/mol. The zero-order chi connectivity index (χ0) is 14.1. The first-order valence-electron chi connectivity index (χ1n) is 6.41. The molecule has 20 heavy (non-hydrogen) atoms. The molecule has 1 aliphatic carbocycles. The van der Waals surface area contributed by atoms with Crippen molar-refractivity contribution in [1.29, 1.82) is 5.41 Å². The SMILES string of the molecule is N=C1CCc2cc(OCc3ccc(Cl)cc3Cl)ccc21. The van der Waals surface area contributed by atoms with Crippen molar-refractivity contribution in [3.8, 4) is 5.75 Å². The van der Waals surface area contributed by atoms with Crippen molar-refractivity contribution in [2.24, 2.45) is 0 Å². The van der Waals surface area contributed by atoms with Gasteiger partial charge in [-0.1, -0.05) is 29.3 Å². The molecule has 0 amide bonds. The van der Waals surface area contributed by atoms with Gasteiger partial charge >= 0.3 is 0 Å². The van der Waals surface area contributed by atoms with Crippen LogP contribution < -0.4 is 4.74 Å². The number of aryl methyl sites for hydroxylation is 1. The Morgan fingerprint density at radius 1 is 1.05 bits per heavy atom. The summed E-state index contributed by atoms with van der Waals surface area (Å²) in [5.74, 6) is 0.810. The van der Waals surface area contributed by atoms with Gasteiger partial charge in [-0.2, -0.15) is 0 Å². The molecule has 2 aromatic carbocycles. The lowest BCUT2D eigenvalue weighted by atomic mass is 10.1. The van der Waals surface area contributed by atoms with E-state index >= 15 is 0 Å². The molecule has 0 saturated carbocycles. The van der Waals surface area contributed by atoms with Crippen LogP contribution in [0.1, 0.15) is 23.1 Å².